The van der Waals surface area contributed by atoms with E-state index < -0.39 is 36.4 Å². The molecule has 0 fully saturated rings. The second kappa shape index (κ2) is 7.54. The van der Waals surface area contributed by atoms with Gasteiger partial charge in [-0.1, -0.05) is 25.1 Å². The number of fused-ring (bicyclic) bond motifs is 5. The van der Waals surface area contributed by atoms with E-state index in [0.717, 1.165) is 16.5 Å². The summed E-state index contributed by atoms with van der Waals surface area (Å²) in [5, 5.41) is 9.81. The van der Waals surface area contributed by atoms with Crippen LogP contribution in [-0.4, -0.2) is 32.6 Å². The molecule has 0 saturated heterocycles. The number of ether oxygens (including phenoxy) is 2. The summed E-state index contributed by atoms with van der Waals surface area (Å²) < 4.78 is 12.4. The zero-order chi connectivity index (χ0) is 23.3. The van der Waals surface area contributed by atoms with Crippen molar-refractivity contribution in [1.82, 2.24) is 9.55 Å². The van der Waals surface area contributed by atoms with E-state index in [2.05, 4.69) is 0 Å². The van der Waals surface area contributed by atoms with E-state index >= 15 is 0 Å². The van der Waals surface area contributed by atoms with Gasteiger partial charge in [0.2, 0.25) is 5.60 Å². The summed E-state index contributed by atoms with van der Waals surface area (Å²) in [5.74, 6) is -2.79. The van der Waals surface area contributed by atoms with Crippen LogP contribution >= 0.6 is 0 Å². The molecule has 0 amide bonds. The fraction of sp³-hybridized carbons (Fsp3) is 0.292. The number of benzene rings is 1. The molecule has 1 aromatic carbocycles. The second-order valence-electron chi connectivity index (χ2n) is 8.13. The molecule has 0 bridgehead atoms. The number of carbonyl (C=O) groups is 3. The Hall–Kier alpha value is -4.01. The van der Waals surface area contributed by atoms with E-state index in [1.165, 1.54) is 0 Å². The molecule has 2 aliphatic rings. The first-order chi connectivity index (χ1) is 15.8. The topological polar surface area (TPSA) is 125 Å². The van der Waals surface area contributed by atoms with Crippen LogP contribution in [0.15, 0.2) is 41.2 Å². The third-order valence-corrected chi connectivity index (χ3v) is 6.22. The molecule has 0 aliphatic carbocycles. The first-order valence-electron chi connectivity index (χ1n) is 10.6. The highest BCUT2D eigenvalue weighted by Gasteiger charge is 2.50. The molecular formula is C24H20N2O7. The van der Waals surface area contributed by atoms with Crippen LogP contribution in [-0.2, 0) is 42.6 Å². The minimum atomic E-state index is -1.82. The highest BCUT2D eigenvalue weighted by atomic mass is 16.6. The van der Waals surface area contributed by atoms with Crippen molar-refractivity contribution in [3.8, 4) is 11.4 Å². The van der Waals surface area contributed by atoms with Gasteiger partial charge in [-0.05, 0) is 24.6 Å². The Balaban J connectivity index is 1.66. The average Bonchev–Trinajstić information content (AvgIpc) is 3.16. The molecule has 4 heterocycles. The molecule has 5 rings (SSSR count). The zero-order valence-corrected chi connectivity index (χ0v) is 17.8. The van der Waals surface area contributed by atoms with Gasteiger partial charge < -0.3 is 19.1 Å². The fourth-order valence-corrected chi connectivity index (χ4v) is 4.54. The minimum Gasteiger partial charge on any atom is -0.481 e. The number of rotatable bonds is 5. The molecule has 2 aliphatic heterocycles. The highest BCUT2D eigenvalue weighted by molar-refractivity contribution is 5.88. The quantitative estimate of drug-likeness (QED) is 0.462. The van der Waals surface area contributed by atoms with Crippen molar-refractivity contribution in [1.29, 1.82) is 0 Å². The lowest BCUT2D eigenvalue weighted by molar-refractivity contribution is -0.189. The van der Waals surface area contributed by atoms with Gasteiger partial charge in [-0.3, -0.25) is 14.4 Å². The van der Waals surface area contributed by atoms with Gasteiger partial charge in [0.25, 0.3) is 5.56 Å². The van der Waals surface area contributed by atoms with Crippen molar-refractivity contribution in [2.24, 2.45) is 0 Å². The lowest BCUT2D eigenvalue weighted by Gasteiger charge is -2.35. The number of aromatic nitrogens is 2. The molecule has 3 aromatic rings. The summed E-state index contributed by atoms with van der Waals surface area (Å²) in [6.07, 6.45) is -0.809. The van der Waals surface area contributed by atoms with E-state index in [1.807, 2.05) is 30.3 Å². The highest BCUT2D eigenvalue weighted by Crippen LogP contribution is 2.41. The van der Waals surface area contributed by atoms with Crippen molar-refractivity contribution in [2.45, 2.75) is 44.9 Å². The maximum absolute atomic E-state index is 13.4. The summed E-state index contributed by atoms with van der Waals surface area (Å²) in [6.45, 7) is 1.75. The maximum atomic E-state index is 13.4. The summed E-state index contributed by atoms with van der Waals surface area (Å²) in [6, 6.07) is 11.3. The lowest BCUT2D eigenvalue weighted by Crippen LogP contribution is -2.47. The standard InChI is InChI=1S/C24H20N2O7/c1-2-24(33-20(29)8-7-19(27)28)16-10-18-21-14(9-13-5-3-4-6-17(13)25-21)11-26(18)22(30)15(16)12-32-23(24)31/h3-6,9-10H,2,7-8,11-12H2,1H3,(H,27,28). The Morgan fingerprint density at radius 1 is 1.21 bits per heavy atom. The number of aliphatic carboxylic acids is 1. The van der Waals surface area contributed by atoms with Crippen molar-refractivity contribution >= 4 is 28.8 Å². The number of para-hydroxylation sites is 1. The lowest BCUT2D eigenvalue weighted by atomic mass is 9.85. The van der Waals surface area contributed by atoms with E-state index in [0.29, 0.717) is 17.9 Å². The predicted molar refractivity (Wildman–Crippen MR) is 115 cm³/mol. The number of esters is 2. The molecule has 9 nitrogen and oxygen atoms in total. The number of pyridine rings is 2. The minimum absolute atomic E-state index is 0.0263. The van der Waals surface area contributed by atoms with Gasteiger partial charge >= 0.3 is 17.9 Å². The largest absolute Gasteiger partial charge is 0.481 e. The maximum Gasteiger partial charge on any atom is 0.355 e. The van der Waals surface area contributed by atoms with Crippen molar-refractivity contribution in [2.75, 3.05) is 0 Å². The van der Waals surface area contributed by atoms with Crippen LogP contribution < -0.4 is 5.56 Å². The van der Waals surface area contributed by atoms with Crippen LogP contribution in [0.5, 0.6) is 0 Å². The number of carboxylic acids is 1. The van der Waals surface area contributed by atoms with Gasteiger partial charge in [-0.25, -0.2) is 9.78 Å². The number of carbonyl (C=O) groups excluding carboxylic acids is 2. The molecular weight excluding hydrogens is 428 g/mol. The van der Waals surface area contributed by atoms with Gasteiger partial charge in [0.15, 0.2) is 0 Å². The molecule has 0 spiro atoms. The molecule has 0 radical (unpaired) electrons. The third kappa shape index (κ3) is 3.19. The van der Waals surface area contributed by atoms with Crippen molar-refractivity contribution in [3.05, 3.63) is 63.4 Å². The van der Waals surface area contributed by atoms with E-state index in [4.69, 9.17) is 19.6 Å². The molecule has 1 unspecified atom stereocenters. The number of hydrogen-bond acceptors (Lipinski definition) is 7. The zero-order valence-electron chi connectivity index (χ0n) is 17.8. The van der Waals surface area contributed by atoms with Gasteiger partial charge in [0, 0.05) is 16.5 Å². The Kier molecular flexibility index (Phi) is 4.77. The van der Waals surface area contributed by atoms with E-state index in [1.54, 1.807) is 17.6 Å². The number of nitrogens with zero attached hydrogens (tertiary/aromatic N) is 2. The van der Waals surface area contributed by atoms with Crippen molar-refractivity contribution < 1.29 is 29.0 Å². The normalized spacial score (nSPS) is 18.3. The summed E-state index contributed by atoms with van der Waals surface area (Å²) in [7, 11) is 0. The molecule has 33 heavy (non-hydrogen) atoms. The monoisotopic (exact) mass is 448 g/mol. The summed E-state index contributed by atoms with van der Waals surface area (Å²) in [4.78, 5) is 54.3. The molecule has 1 atom stereocenters. The Morgan fingerprint density at radius 2 is 2.00 bits per heavy atom. The number of cyclic esters (lactones) is 1. The molecule has 9 heteroatoms. The first kappa shape index (κ1) is 20.9. The Bertz CT molecular complexity index is 1410. The van der Waals surface area contributed by atoms with Gasteiger partial charge in [-0.15, -0.1) is 0 Å². The van der Waals surface area contributed by atoms with Gasteiger partial charge in [0.05, 0.1) is 41.9 Å². The number of carboxylic acid groups (broad SMARTS) is 1. The molecule has 1 N–H and O–H groups in total. The molecule has 0 saturated carbocycles. The second-order valence-corrected chi connectivity index (χ2v) is 8.13. The predicted octanol–water partition coefficient (Wildman–Crippen LogP) is 2.50. The Labute approximate surface area is 187 Å². The SMILES string of the molecule is CCC1(OC(=O)CCC(=O)O)C(=O)OCc2c1cc1n(c2=O)Cc2cc3ccccc3nc2-1. The summed E-state index contributed by atoms with van der Waals surface area (Å²) >= 11 is 0. The summed E-state index contributed by atoms with van der Waals surface area (Å²) in [5.41, 5.74) is 1.17. The molecule has 2 aromatic heterocycles. The van der Waals surface area contributed by atoms with Gasteiger partial charge in [-0.2, -0.15) is 0 Å². The van der Waals surface area contributed by atoms with Crippen LogP contribution in [0.2, 0.25) is 0 Å². The fourth-order valence-electron chi connectivity index (χ4n) is 4.54. The van der Waals surface area contributed by atoms with E-state index in [-0.39, 0.29) is 29.7 Å². The van der Waals surface area contributed by atoms with E-state index in [9.17, 15) is 19.2 Å². The van der Waals surface area contributed by atoms with Crippen LogP contribution in [0, 0.1) is 0 Å². The van der Waals surface area contributed by atoms with Crippen LogP contribution in [0.25, 0.3) is 22.3 Å². The smallest absolute Gasteiger partial charge is 0.355 e. The Morgan fingerprint density at radius 3 is 2.76 bits per heavy atom. The third-order valence-electron chi connectivity index (χ3n) is 6.22. The van der Waals surface area contributed by atoms with Gasteiger partial charge in [0.1, 0.15) is 6.61 Å². The molecule has 168 valence electrons. The van der Waals surface area contributed by atoms with Crippen LogP contribution in [0.4, 0.5) is 0 Å². The average molecular weight is 448 g/mol. The number of hydrogen-bond donors (Lipinski definition) is 1. The van der Waals surface area contributed by atoms with Crippen LogP contribution in [0.3, 0.4) is 0 Å². The van der Waals surface area contributed by atoms with Crippen molar-refractivity contribution in [3.63, 3.8) is 0 Å². The first-order valence-corrected chi connectivity index (χ1v) is 10.6. The van der Waals surface area contributed by atoms with Crippen LogP contribution in [0.1, 0.15) is 42.9 Å².